The summed E-state index contributed by atoms with van der Waals surface area (Å²) < 4.78 is 16.9. The van der Waals surface area contributed by atoms with Crippen molar-refractivity contribution in [1.29, 1.82) is 0 Å². The largest absolute Gasteiger partial charge is 0.352 e. The molecule has 1 fully saturated rings. The number of hydrogen-bond donors (Lipinski definition) is 1. The third kappa shape index (κ3) is 3.00. The Morgan fingerprint density at radius 1 is 1.43 bits per heavy atom. The molecule has 2 aromatic heterocycles. The summed E-state index contributed by atoms with van der Waals surface area (Å²) in [6.07, 6.45) is 5.08. The standard InChI is InChI=1S/C19H23FN6O2/c1-11(27)26-6-4-5-13(10-26)25(3)18-16(20)14-8-21-19(28)15(14)17(23-18)12-7-22-24(2)9-12/h7,9,13H,4-6,8,10H2,1-3H3,(H,21,28)/t13-/m0/s1. The summed E-state index contributed by atoms with van der Waals surface area (Å²) >= 11 is 0. The molecule has 0 saturated carbocycles. The van der Waals surface area contributed by atoms with E-state index < -0.39 is 5.82 Å². The lowest BCUT2D eigenvalue weighted by molar-refractivity contribution is -0.129. The van der Waals surface area contributed by atoms with Gasteiger partial charge in [0, 0.05) is 64.0 Å². The fourth-order valence-electron chi connectivity index (χ4n) is 3.98. The SMILES string of the molecule is CC(=O)N1CCC[C@H](N(C)c2nc(-c3cnn(C)c3)c3c(c2F)CNC3=O)C1. The van der Waals surface area contributed by atoms with E-state index in [0.717, 1.165) is 19.4 Å². The number of anilines is 1. The molecule has 2 aliphatic heterocycles. The van der Waals surface area contributed by atoms with Crippen LogP contribution in [0.3, 0.4) is 0 Å². The molecular formula is C19H23FN6O2. The second-order valence-electron chi connectivity index (χ2n) is 7.41. The number of hydrogen-bond acceptors (Lipinski definition) is 5. The lowest BCUT2D eigenvalue weighted by Crippen LogP contribution is -2.48. The van der Waals surface area contributed by atoms with Crippen LogP contribution in [0.5, 0.6) is 0 Å². The Balaban J connectivity index is 1.77. The fraction of sp³-hybridized carbons (Fsp3) is 0.474. The van der Waals surface area contributed by atoms with Gasteiger partial charge in [-0.2, -0.15) is 5.10 Å². The lowest BCUT2D eigenvalue weighted by Gasteiger charge is -2.38. The molecule has 2 amide bonds. The van der Waals surface area contributed by atoms with Crippen LogP contribution in [0.2, 0.25) is 0 Å². The summed E-state index contributed by atoms with van der Waals surface area (Å²) in [4.78, 5) is 32.2. The van der Waals surface area contributed by atoms with Gasteiger partial charge in [-0.1, -0.05) is 0 Å². The Kier molecular flexibility index (Phi) is 4.52. The second-order valence-corrected chi connectivity index (χ2v) is 7.41. The van der Waals surface area contributed by atoms with Gasteiger partial charge in [0.05, 0.1) is 17.5 Å². The summed E-state index contributed by atoms with van der Waals surface area (Å²) in [6, 6.07) is -0.0375. The van der Waals surface area contributed by atoms with Crippen LogP contribution < -0.4 is 10.2 Å². The topological polar surface area (TPSA) is 83.4 Å². The molecule has 0 bridgehead atoms. The van der Waals surface area contributed by atoms with Crippen molar-refractivity contribution in [3.63, 3.8) is 0 Å². The monoisotopic (exact) mass is 386 g/mol. The molecule has 2 aromatic rings. The minimum Gasteiger partial charge on any atom is -0.352 e. The van der Waals surface area contributed by atoms with Crippen molar-refractivity contribution >= 4 is 17.6 Å². The van der Waals surface area contributed by atoms with Crippen molar-refractivity contribution in [3.8, 4) is 11.3 Å². The molecule has 28 heavy (non-hydrogen) atoms. The Morgan fingerprint density at radius 3 is 2.89 bits per heavy atom. The highest BCUT2D eigenvalue weighted by atomic mass is 19.1. The summed E-state index contributed by atoms with van der Waals surface area (Å²) in [6.45, 7) is 2.94. The molecule has 0 aliphatic carbocycles. The molecule has 1 N–H and O–H groups in total. The number of aromatic nitrogens is 3. The third-order valence-corrected chi connectivity index (χ3v) is 5.57. The van der Waals surface area contributed by atoms with Crippen molar-refractivity contribution in [2.45, 2.75) is 32.4 Å². The quantitative estimate of drug-likeness (QED) is 0.860. The van der Waals surface area contributed by atoms with Gasteiger partial charge in [0.25, 0.3) is 5.91 Å². The van der Waals surface area contributed by atoms with Gasteiger partial charge < -0.3 is 15.1 Å². The number of nitrogens with one attached hydrogen (secondary N) is 1. The Hall–Kier alpha value is -2.97. The zero-order chi connectivity index (χ0) is 20.0. The molecule has 0 spiro atoms. The van der Waals surface area contributed by atoms with Crippen LogP contribution in [-0.2, 0) is 18.4 Å². The highest BCUT2D eigenvalue weighted by Gasteiger charge is 2.34. The average Bonchev–Trinajstić information content (AvgIpc) is 3.28. The van der Waals surface area contributed by atoms with E-state index in [9.17, 15) is 9.59 Å². The smallest absolute Gasteiger partial charge is 0.254 e. The average molecular weight is 386 g/mol. The van der Waals surface area contributed by atoms with E-state index in [-0.39, 0.29) is 35.8 Å². The van der Waals surface area contributed by atoms with Crippen molar-refractivity contribution in [1.82, 2.24) is 25.0 Å². The predicted molar refractivity (Wildman–Crippen MR) is 101 cm³/mol. The fourth-order valence-corrected chi connectivity index (χ4v) is 3.98. The highest BCUT2D eigenvalue weighted by Crippen LogP contribution is 2.34. The third-order valence-electron chi connectivity index (χ3n) is 5.57. The molecule has 0 unspecified atom stereocenters. The van der Waals surface area contributed by atoms with Crippen LogP contribution in [0.25, 0.3) is 11.3 Å². The molecule has 2 aliphatic rings. The van der Waals surface area contributed by atoms with Gasteiger partial charge >= 0.3 is 0 Å². The predicted octanol–water partition coefficient (Wildman–Crippen LogP) is 1.31. The maximum atomic E-state index is 15.3. The molecule has 4 heterocycles. The Morgan fingerprint density at radius 2 is 2.21 bits per heavy atom. The van der Waals surface area contributed by atoms with E-state index in [1.807, 2.05) is 0 Å². The van der Waals surface area contributed by atoms with Crippen molar-refractivity contribution < 1.29 is 14.0 Å². The maximum Gasteiger partial charge on any atom is 0.254 e. The Labute approximate surface area is 162 Å². The van der Waals surface area contributed by atoms with Crippen molar-refractivity contribution in [2.75, 3.05) is 25.0 Å². The van der Waals surface area contributed by atoms with Gasteiger partial charge in [0.2, 0.25) is 5.91 Å². The van der Waals surface area contributed by atoms with E-state index in [2.05, 4.69) is 15.4 Å². The van der Waals surface area contributed by atoms with Crippen molar-refractivity contribution in [2.24, 2.45) is 7.05 Å². The van der Waals surface area contributed by atoms with Crippen LogP contribution in [0, 0.1) is 5.82 Å². The number of nitrogens with zero attached hydrogens (tertiary/aromatic N) is 5. The van der Waals surface area contributed by atoms with Gasteiger partial charge in [0.15, 0.2) is 11.6 Å². The number of carbonyl (C=O) groups excluding carboxylic acids is 2. The lowest BCUT2D eigenvalue weighted by atomic mass is 10.0. The molecule has 1 atom stereocenters. The molecule has 1 saturated heterocycles. The number of fused-ring (bicyclic) bond motifs is 1. The van der Waals surface area contributed by atoms with Gasteiger partial charge in [-0.15, -0.1) is 0 Å². The number of halogens is 1. The van der Waals surface area contributed by atoms with E-state index in [1.54, 1.807) is 47.9 Å². The first kappa shape index (κ1) is 18.4. The number of rotatable bonds is 3. The summed E-state index contributed by atoms with van der Waals surface area (Å²) in [5.41, 5.74) is 1.71. The molecule has 4 rings (SSSR count). The van der Waals surface area contributed by atoms with Gasteiger partial charge in [0.1, 0.15) is 0 Å². The van der Waals surface area contributed by atoms with Crippen LogP contribution >= 0.6 is 0 Å². The number of likely N-dealkylation sites (N-methyl/N-ethyl adjacent to an activating group) is 1. The number of pyridine rings is 1. The van der Waals surface area contributed by atoms with Crippen LogP contribution in [-0.4, -0.2) is 57.7 Å². The molecule has 0 aromatic carbocycles. The van der Waals surface area contributed by atoms with E-state index >= 15 is 4.39 Å². The van der Waals surface area contributed by atoms with Crippen LogP contribution in [0.1, 0.15) is 35.7 Å². The minimum absolute atomic E-state index is 0.0198. The zero-order valence-electron chi connectivity index (χ0n) is 16.2. The first-order valence-corrected chi connectivity index (χ1v) is 9.34. The summed E-state index contributed by atoms with van der Waals surface area (Å²) in [7, 11) is 3.57. The number of carbonyl (C=O) groups is 2. The Bertz CT molecular complexity index is 956. The first-order chi connectivity index (χ1) is 13.4. The van der Waals surface area contributed by atoms with E-state index in [0.29, 0.717) is 23.4 Å². The number of likely N-dealkylation sites (tertiary alicyclic amines) is 1. The molecule has 8 nitrogen and oxygen atoms in total. The van der Waals surface area contributed by atoms with Crippen LogP contribution in [0.4, 0.5) is 10.2 Å². The molecule has 148 valence electrons. The van der Waals surface area contributed by atoms with Crippen LogP contribution in [0.15, 0.2) is 12.4 Å². The summed E-state index contributed by atoms with van der Waals surface area (Å²) in [5, 5.41) is 6.85. The van der Waals surface area contributed by atoms with E-state index in [1.165, 1.54) is 0 Å². The molecular weight excluding hydrogens is 363 g/mol. The first-order valence-electron chi connectivity index (χ1n) is 9.34. The van der Waals surface area contributed by atoms with Gasteiger partial charge in [-0.3, -0.25) is 14.3 Å². The van der Waals surface area contributed by atoms with Gasteiger partial charge in [-0.05, 0) is 12.8 Å². The minimum atomic E-state index is -0.483. The van der Waals surface area contributed by atoms with E-state index in [4.69, 9.17) is 0 Å². The zero-order valence-corrected chi connectivity index (χ0v) is 16.2. The number of aryl methyl sites for hydroxylation is 1. The summed E-state index contributed by atoms with van der Waals surface area (Å²) in [5.74, 6) is -0.589. The maximum absolute atomic E-state index is 15.3. The number of piperidine rings is 1. The normalized spacial score (nSPS) is 18.8. The molecule has 0 radical (unpaired) electrons. The van der Waals surface area contributed by atoms with Crippen molar-refractivity contribution in [3.05, 3.63) is 29.3 Å². The number of amides is 2. The molecule has 9 heteroatoms. The highest BCUT2D eigenvalue weighted by molar-refractivity contribution is 6.04. The second kappa shape index (κ2) is 6.88. The van der Waals surface area contributed by atoms with Gasteiger partial charge in [-0.25, -0.2) is 9.37 Å².